The number of fused-ring (bicyclic) bond motifs is 1. The molecule has 0 unspecified atom stereocenters. The highest BCUT2D eigenvalue weighted by molar-refractivity contribution is 6.11. The third kappa shape index (κ3) is 3.67. The Morgan fingerprint density at radius 1 is 1.12 bits per heavy atom. The van der Waals surface area contributed by atoms with Crippen molar-refractivity contribution >= 4 is 17.7 Å². The van der Waals surface area contributed by atoms with Crippen molar-refractivity contribution in [3.05, 3.63) is 46.8 Å². The van der Waals surface area contributed by atoms with E-state index in [2.05, 4.69) is 16.8 Å². The van der Waals surface area contributed by atoms with Gasteiger partial charge in [0.05, 0.1) is 6.54 Å². The Labute approximate surface area is 192 Å². The minimum Gasteiger partial charge on any atom is -0.454 e. The molecule has 1 aromatic heterocycles. The first kappa shape index (κ1) is 21.6. The molecule has 3 aliphatic rings. The van der Waals surface area contributed by atoms with Crippen LogP contribution in [0.5, 0.6) is 11.5 Å². The highest BCUT2D eigenvalue weighted by Crippen LogP contribution is 2.36. The van der Waals surface area contributed by atoms with Gasteiger partial charge >= 0.3 is 6.03 Å². The van der Waals surface area contributed by atoms with E-state index in [1.54, 1.807) is 0 Å². The molecule has 33 heavy (non-hydrogen) atoms. The third-order valence-electron chi connectivity index (χ3n) is 7.33. The summed E-state index contributed by atoms with van der Waals surface area (Å²) in [7, 11) is 0. The maximum atomic E-state index is 13.2. The molecule has 3 amide bonds. The lowest BCUT2D eigenvalue weighted by atomic mass is 9.77. The molecule has 1 N–H and O–H groups in total. The van der Waals surface area contributed by atoms with Gasteiger partial charge < -0.3 is 19.4 Å². The van der Waals surface area contributed by atoms with E-state index in [9.17, 15) is 14.4 Å². The number of ether oxygens (including phenoxy) is 2. The van der Waals surface area contributed by atoms with Gasteiger partial charge in [0.1, 0.15) is 5.54 Å². The third-order valence-corrected chi connectivity index (χ3v) is 7.33. The van der Waals surface area contributed by atoms with Gasteiger partial charge in [0.15, 0.2) is 17.3 Å². The fraction of sp³-hybridized carbons (Fsp3) is 0.480. The maximum Gasteiger partial charge on any atom is 0.325 e. The van der Waals surface area contributed by atoms with Crippen molar-refractivity contribution in [1.82, 2.24) is 14.8 Å². The van der Waals surface area contributed by atoms with E-state index in [4.69, 9.17) is 9.47 Å². The van der Waals surface area contributed by atoms with Crippen LogP contribution in [0.3, 0.4) is 0 Å². The first-order valence-corrected chi connectivity index (χ1v) is 11.5. The number of hydrogen-bond acceptors (Lipinski definition) is 5. The van der Waals surface area contributed by atoms with Crippen molar-refractivity contribution in [2.45, 2.75) is 58.5 Å². The first-order valence-electron chi connectivity index (χ1n) is 11.5. The van der Waals surface area contributed by atoms with Crippen molar-refractivity contribution in [2.24, 2.45) is 5.92 Å². The van der Waals surface area contributed by atoms with Gasteiger partial charge in [0.2, 0.25) is 6.79 Å². The molecule has 0 radical (unpaired) electrons. The molecule has 2 aromatic rings. The van der Waals surface area contributed by atoms with Crippen molar-refractivity contribution < 1.29 is 23.9 Å². The van der Waals surface area contributed by atoms with Crippen LogP contribution in [-0.2, 0) is 11.3 Å². The van der Waals surface area contributed by atoms with Crippen molar-refractivity contribution in [2.75, 3.05) is 13.3 Å². The molecule has 174 valence electrons. The Morgan fingerprint density at radius 3 is 2.61 bits per heavy atom. The van der Waals surface area contributed by atoms with Crippen molar-refractivity contribution in [3.8, 4) is 11.5 Å². The van der Waals surface area contributed by atoms with E-state index in [1.807, 2.05) is 38.1 Å². The second-order valence-corrected chi connectivity index (χ2v) is 9.57. The normalized spacial score (nSPS) is 24.0. The zero-order valence-corrected chi connectivity index (χ0v) is 19.3. The standard InChI is InChI=1S/C25H29N3O5/c1-15-6-8-25(9-7-15)23(30)28(24(31)26-25)13-20(29)19-10-16(2)27(17(19)3)12-18-4-5-21-22(11-18)33-14-32-21/h4-5,10-11,15H,6-9,12-14H2,1-3H3,(H,26,31). The van der Waals surface area contributed by atoms with Gasteiger partial charge in [-0.1, -0.05) is 13.0 Å². The highest BCUT2D eigenvalue weighted by atomic mass is 16.7. The van der Waals surface area contributed by atoms with E-state index in [0.29, 0.717) is 30.9 Å². The summed E-state index contributed by atoms with van der Waals surface area (Å²) >= 11 is 0. The minimum absolute atomic E-state index is 0.224. The van der Waals surface area contributed by atoms with Gasteiger partial charge in [0, 0.05) is 23.5 Å². The van der Waals surface area contributed by atoms with Crippen LogP contribution in [0.25, 0.3) is 0 Å². The van der Waals surface area contributed by atoms with Crippen LogP contribution in [-0.4, -0.2) is 46.1 Å². The van der Waals surface area contributed by atoms with Crippen molar-refractivity contribution in [1.29, 1.82) is 0 Å². The molecule has 1 spiro atoms. The van der Waals surface area contributed by atoms with Crippen LogP contribution < -0.4 is 14.8 Å². The maximum absolute atomic E-state index is 13.2. The van der Waals surface area contributed by atoms with Gasteiger partial charge in [0.25, 0.3) is 5.91 Å². The largest absolute Gasteiger partial charge is 0.454 e. The van der Waals surface area contributed by atoms with Gasteiger partial charge in [-0.15, -0.1) is 0 Å². The Kier molecular flexibility index (Phi) is 5.18. The number of Topliss-reactive ketones (excluding diaryl/α,β-unsaturated/α-hetero) is 1. The van der Waals surface area contributed by atoms with E-state index >= 15 is 0 Å². The molecular weight excluding hydrogens is 422 g/mol. The summed E-state index contributed by atoms with van der Waals surface area (Å²) in [5.41, 5.74) is 2.47. The summed E-state index contributed by atoms with van der Waals surface area (Å²) in [6.07, 6.45) is 3.06. The molecule has 1 aliphatic carbocycles. The van der Waals surface area contributed by atoms with E-state index < -0.39 is 11.6 Å². The number of rotatable bonds is 5. The van der Waals surface area contributed by atoms with Crippen LogP contribution in [0.4, 0.5) is 4.79 Å². The summed E-state index contributed by atoms with van der Waals surface area (Å²) in [6, 6.07) is 7.18. The number of nitrogens with zero attached hydrogens (tertiary/aromatic N) is 2. The Hall–Kier alpha value is -3.29. The first-order chi connectivity index (χ1) is 15.8. The Balaban J connectivity index is 1.32. The molecular formula is C25H29N3O5. The fourth-order valence-electron chi connectivity index (χ4n) is 5.19. The summed E-state index contributed by atoms with van der Waals surface area (Å²) < 4.78 is 12.9. The predicted molar refractivity (Wildman–Crippen MR) is 121 cm³/mol. The summed E-state index contributed by atoms with van der Waals surface area (Å²) in [5, 5.41) is 2.89. The van der Waals surface area contributed by atoms with E-state index in [0.717, 1.165) is 46.2 Å². The number of benzene rings is 1. The molecule has 8 heteroatoms. The number of amides is 3. The predicted octanol–water partition coefficient (Wildman–Crippen LogP) is 3.57. The van der Waals surface area contributed by atoms with Crippen molar-refractivity contribution in [3.63, 3.8) is 0 Å². The number of carbonyl (C=O) groups is 3. The summed E-state index contributed by atoms with van der Waals surface area (Å²) in [6.45, 7) is 6.56. The zero-order valence-electron chi connectivity index (χ0n) is 19.3. The zero-order chi connectivity index (χ0) is 23.3. The molecule has 1 aromatic carbocycles. The van der Waals surface area contributed by atoms with E-state index in [-0.39, 0.29) is 25.0 Å². The highest BCUT2D eigenvalue weighted by Gasteiger charge is 2.52. The van der Waals surface area contributed by atoms with Gasteiger partial charge in [-0.2, -0.15) is 0 Å². The molecule has 5 rings (SSSR count). The molecule has 0 bridgehead atoms. The Morgan fingerprint density at radius 2 is 1.85 bits per heavy atom. The van der Waals surface area contributed by atoms with E-state index in [1.165, 1.54) is 0 Å². The van der Waals surface area contributed by atoms with Crippen LogP contribution in [0.1, 0.15) is 59.9 Å². The number of urea groups is 1. The second kappa shape index (κ2) is 7.93. The smallest absolute Gasteiger partial charge is 0.325 e. The molecule has 2 aliphatic heterocycles. The fourth-order valence-corrected chi connectivity index (χ4v) is 5.19. The van der Waals surface area contributed by atoms with Gasteiger partial charge in [-0.05, 0) is 69.2 Å². The topological polar surface area (TPSA) is 89.9 Å². The molecule has 3 heterocycles. The average Bonchev–Trinajstić information content (AvgIpc) is 3.43. The monoisotopic (exact) mass is 451 g/mol. The number of aromatic nitrogens is 1. The van der Waals surface area contributed by atoms with Crippen LogP contribution >= 0.6 is 0 Å². The SMILES string of the molecule is Cc1cc(C(=O)CN2C(=O)NC3(CCC(C)CC3)C2=O)c(C)n1Cc1ccc2c(c1)OCO2. The lowest BCUT2D eigenvalue weighted by Gasteiger charge is -2.33. The van der Waals surface area contributed by atoms with Gasteiger partial charge in [-0.3, -0.25) is 14.5 Å². The van der Waals surface area contributed by atoms with Crippen LogP contribution in [0.2, 0.25) is 0 Å². The number of hydrogen-bond donors (Lipinski definition) is 1. The second-order valence-electron chi connectivity index (χ2n) is 9.57. The summed E-state index contributed by atoms with van der Waals surface area (Å²) in [5.74, 6) is 1.50. The molecule has 2 fully saturated rings. The quantitative estimate of drug-likeness (QED) is 0.555. The number of ketones is 1. The number of carbonyl (C=O) groups excluding carboxylic acids is 3. The van der Waals surface area contributed by atoms with Crippen LogP contribution in [0.15, 0.2) is 24.3 Å². The molecule has 8 nitrogen and oxygen atoms in total. The lowest BCUT2D eigenvalue weighted by molar-refractivity contribution is -0.132. The number of nitrogens with one attached hydrogen (secondary N) is 1. The van der Waals surface area contributed by atoms with Crippen LogP contribution in [0, 0.1) is 19.8 Å². The lowest BCUT2D eigenvalue weighted by Crippen LogP contribution is -2.49. The minimum atomic E-state index is -0.833. The Bertz CT molecular complexity index is 1140. The molecule has 0 atom stereocenters. The number of imide groups is 1. The van der Waals surface area contributed by atoms with Gasteiger partial charge in [-0.25, -0.2) is 4.79 Å². The molecule has 1 saturated carbocycles. The summed E-state index contributed by atoms with van der Waals surface area (Å²) in [4.78, 5) is 40.0. The average molecular weight is 452 g/mol. The number of aryl methyl sites for hydroxylation is 1. The molecule has 1 saturated heterocycles.